The maximum Gasteiger partial charge on any atom is 0.222 e. The average Bonchev–Trinajstić information content (AvgIpc) is 2.55. The van der Waals surface area contributed by atoms with Crippen molar-refractivity contribution in [3.63, 3.8) is 0 Å². The largest absolute Gasteiger partial charge is 0.494 e. The zero-order valence-corrected chi connectivity index (χ0v) is 14.3. The first-order valence-corrected chi connectivity index (χ1v) is 8.56. The van der Waals surface area contributed by atoms with Gasteiger partial charge in [-0.3, -0.25) is 9.69 Å². The molecule has 1 atom stereocenters. The molecule has 1 unspecified atom stereocenters. The van der Waals surface area contributed by atoms with E-state index in [0.717, 1.165) is 44.9 Å². The Bertz CT molecular complexity index is 480. The monoisotopic (exact) mass is 319 g/mol. The molecule has 0 saturated carbocycles. The number of benzene rings is 1. The maximum atomic E-state index is 12.1. The molecule has 1 aromatic rings. The summed E-state index contributed by atoms with van der Waals surface area (Å²) in [6.07, 6.45) is 1.34. The number of ether oxygens (including phenoxy) is 1. The standard InChI is InChI=1S/C18H29N3O2/c1-3-23-17-7-5-16(6-8-17)14-20-10-12-21(13-11-20)18(22)9-4-15(2)19/h5-8,15H,3-4,9-14,19H2,1-2H3. The highest BCUT2D eigenvalue weighted by Gasteiger charge is 2.20. The van der Waals surface area contributed by atoms with Gasteiger partial charge in [-0.2, -0.15) is 0 Å². The summed E-state index contributed by atoms with van der Waals surface area (Å²) in [6.45, 7) is 9.04. The molecule has 0 aliphatic carbocycles. The van der Waals surface area contributed by atoms with Crippen LogP contribution in [0.25, 0.3) is 0 Å². The summed E-state index contributed by atoms with van der Waals surface area (Å²) in [7, 11) is 0. The maximum absolute atomic E-state index is 12.1. The summed E-state index contributed by atoms with van der Waals surface area (Å²) in [6, 6.07) is 8.37. The Morgan fingerprint density at radius 1 is 1.22 bits per heavy atom. The quantitative estimate of drug-likeness (QED) is 0.833. The van der Waals surface area contributed by atoms with Crippen LogP contribution < -0.4 is 10.5 Å². The van der Waals surface area contributed by atoms with Gasteiger partial charge < -0.3 is 15.4 Å². The molecule has 5 nitrogen and oxygen atoms in total. The third kappa shape index (κ3) is 5.84. The molecule has 1 saturated heterocycles. The zero-order chi connectivity index (χ0) is 16.7. The molecule has 0 spiro atoms. The molecule has 23 heavy (non-hydrogen) atoms. The number of hydrogen-bond acceptors (Lipinski definition) is 4. The van der Waals surface area contributed by atoms with E-state index in [2.05, 4.69) is 17.0 Å². The topological polar surface area (TPSA) is 58.8 Å². The Balaban J connectivity index is 1.74. The molecule has 1 aliphatic heterocycles. The van der Waals surface area contributed by atoms with E-state index in [4.69, 9.17) is 10.5 Å². The number of carbonyl (C=O) groups is 1. The summed E-state index contributed by atoms with van der Waals surface area (Å²) >= 11 is 0. The Hall–Kier alpha value is -1.59. The molecule has 2 rings (SSSR count). The van der Waals surface area contributed by atoms with E-state index in [1.54, 1.807) is 0 Å². The third-order valence-corrected chi connectivity index (χ3v) is 4.18. The van der Waals surface area contributed by atoms with E-state index < -0.39 is 0 Å². The van der Waals surface area contributed by atoms with E-state index >= 15 is 0 Å². The van der Waals surface area contributed by atoms with Crippen molar-refractivity contribution in [2.45, 2.75) is 39.3 Å². The number of carbonyl (C=O) groups excluding carboxylic acids is 1. The molecule has 0 bridgehead atoms. The van der Waals surface area contributed by atoms with Crippen LogP contribution in [0.2, 0.25) is 0 Å². The predicted molar refractivity (Wildman–Crippen MR) is 92.4 cm³/mol. The van der Waals surface area contributed by atoms with Crippen LogP contribution >= 0.6 is 0 Å². The minimum atomic E-state index is 0.0971. The van der Waals surface area contributed by atoms with E-state index in [9.17, 15) is 4.79 Å². The Morgan fingerprint density at radius 3 is 2.43 bits per heavy atom. The highest BCUT2D eigenvalue weighted by molar-refractivity contribution is 5.76. The second kappa shape index (κ2) is 8.89. The van der Waals surface area contributed by atoms with Gasteiger partial charge in [0.05, 0.1) is 6.61 Å². The first kappa shape index (κ1) is 17.8. The van der Waals surface area contributed by atoms with Crippen molar-refractivity contribution >= 4 is 5.91 Å². The molecule has 0 aromatic heterocycles. The lowest BCUT2D eigenvalue weighted by atomic mass is 10.1. The van der Waals surface area contributed by atoms with Crippen molar-refractivity contribution in [1.29, 1.82) is 0 Å². The number of rotatable bonds is 7. The second-order valence-electron chi connectivity index (χ2n) is 6.25. The minimum Gasteiger partial charge on any atom is -0.494 e. The van der Waals surface area contributed by atoms with Crippen molar-refractivity contribution in [2.75, 3.05) is 32.8 Å². The molecular weight excluding hydrogens is 290 g/mol. The highest BCUT2D eigenvalue weighted by atomic mass is 16.5. The van der Waals surface area contributed by atoms with Gasteiger partial charge in [0.1, 0.15) is 5.75 Å². The van der Waals surface area contributed by atoms with E-state index in [1.165, 1.54) is 5.56 Å². The summed E-state index contributed by atoms with van der Waals surface area (Å²) in [5.41, 5.74) is 7.00. The van der Waals surface area contributed by atoms with Crippen molar-refractivity contribution in [1.82, 2.24) is 9.80 Å². The van der Waals surface area contributed by atoms with Gasteiger partial charge in [-0.1, -0.05) is 12.1 Å². The van der Waals surface area contributed by atoms with Crippen molar-refractivity contribution in [3.8, 4) is 5.75 Å². The van der Waals surface area contributed by atoms with Crippen LogP contribution in [0.5, 0.6) is 5.75 Å². The molecule has 0 radical (unpaired) electrons. The summed E-state index contributed by atoms with van der Waals surface area (Å²) in [5, 5.41) is 0. The number of amides is 1. The molecule has 1 aliphatic rings. The van der Waals surface area contributed by atoms with Gasteiger partial charge in [-0.15, -0.1) is 0 Å². The Kier molecular flexibility index (Phi) is 6.86. The summed E-state index contributed by atoms with van der Waals surface area (Å²) in [4.78, 5) is 16.5. The third-order valence-electron chi connectivity index (χ3n) is 4.18. The molecule has 5 heteroatoms. The molecule has 1 aromatic carbocycles. The van der Waals surface area contributed by atoms with Gasteiger partial charge in [0.15, 0.2) is 0 Å². The smallest absolute Gasteiger partial charge is 0.222 e. The zero-order valence-electron chi connectivity index (χ0n) is 14.3. The molecular formula is C18H29N3O2. The fraction of sp³-hybridized carbons (Fsp3) is 0.611. The Morgan fingerprint density at radius 2 is 1.87 bits per heavy atom. The van der Waals surface area contributed by atoms with Gasteiger partial charge in [-0.25, -0.2) is 0 Å². The Labute approximate surface area is 139 Å². The normalized spacial score (nSPS) is 17.1. The number of piperazine rings is 1. The van der Waals surface area contributed by atoms with Gasteiger partial charge in [0.2, 0.25) is 5.91 Å². The predicted octanol–water partition coefficient (Wildman–Crippen LogP) is 1.86. The molecule has 1 heterocycles. The van der Waals surface area contributed by atoms with Crippen LogP contribution in [-0.2, 0) is 11.3 Å². The fourth-order valence-corrected chi connectivity index (χ4v) is 2.78. The second-order valence-corrected chi connectivity index (χ2v) is 6.25. The average molecular weight is 319 g/mol. The molecule has 1 fully saturated rings. The number of nitrogens with zero attached hydrogens (tertiary/aromatic N) is 2. The van der Waals surface area contributed by atoms with Crippen molar-refractivity contribution < 1.29 is 9.53 Å². The first-order valence-electron chi connectivity index (χ1n) is 8.56. The first-order chi connectivity index (χ1) is 11.1. The summed E-state index contributed by atoms with van der Waals surface area (Å²) in [5.74, 6) is 1.16. The lowest BCUT2D eigenvalue weighted by Crippen LogP contribution is -2.48. The molecule has 1 amide bonds. The van der Waals surface area contributed by atoms with Crippen LogP contribution in [0.4, 0.5) is 0 Å². The van der Waals surface area contributed by atoms with Crippen LogP contribution in [0.1, 0.15) is 32.3 Å². The SMILES string of the molecule is CCOc1ccc(CN2CCN(C(=O)CCC(C)N)CC2)cc1. The van der Waals surface area contributed by atoms with Gasteiger partial charge >= 0.3 is 0 Å². The van der Waals surface area contributed by atoms with Crippen LogP contribution in [-0.4, -0.2) is 54.5 Å². The lowest BCUT2D eigenvalue weighted by Gasteiger charge is -2.35. The molecule has 2 N–H and O–H groups in total. The number of hydrogen-bond donors (Lipinski definition) is 1. The van der Waals surface area contributed by atoms with Crippen molar-refractivity contribution in [3.05, 3.63) is 29.8 Å². The lowest BCUT2D eigenvalue weighted by molar-refractivity contribution is -0.133. The van der Waals surface area contributed by atoms with Gasteiger partial charge in [-0.05, 0) is 38.0 Å². The van der Waals surface area contributed by atoms with E-state index in [-0.39, 0.29) is 11.9 Å². The van der Waals surface area contributed by atoms with Crippen LogP contribution in [0.3, 0.4) is 0 Å². The van der Waals surface area contributed by atoms with E-state index in [0.29, 0.717) is 13.0 Å². The number of nitrogens with two attached hydrogens (primary N) is 1. The minimum absolute atomic E-state index is 0.0971. The van der Waals surface area contributed by atoms with Crippen LogP contribution in [0, 0.1) is 0 Å². The summed E-state index contributed by atoms with van der Waals surface area (Å²) < 4.78 is 5.46. The van der Waals surface area contributed by atoms with Crippen molar-refractivity contribution in [2.24, 2.45) is 5.73 Å². The highest BCUT2D eigenvalue weighted by Crippen LogP contribution is 2.15. The molecule has 128 valence electrons. The van der Waals surface area contributed by atoms with Gasteiger partial charge in [0.25, 0.3) is 0 Å². The van der Waals surface area contributed by atoms with Gasteiger partial charge in [0, 0.05) is 45.2 Å². The van der Waals surface area contributed by atoms with Crippen LogP contribution in [0.15, 0.2) is 24.3 Å². The van der Waals surface area contributed by atoms with E-state index in [1.807, 2.05) is 30.9 Å². The fourth-order valence-electron chi connectivity index (χ4n) is 2.78.